The normalized spacial score (nSPS) is 31.8. The molecule has 1 fully saturated rings. The first kappa shape index (κ1) is 9.04. The molecule has 0 saturated heterocycles. The van der Waals surface area contributed by atoms with E-state index in [1.165, 1.54) is 5.56 Å². The zero-order valence-electron chi connectivity index (χ0n) is 7.76. The van der Waals surface area contributed by atoms with Gasteiger partial charge >= 0.3 is 0 Å². The highest BCUT2D eigenvalue weighted by Crippen LogP contribution is 2.51. The van der Waals surface area contributed by atoms with Gasteiger partial charge in [-0.2, -0.15) is 0 Å². The van der Waals surface area contributed by atoms with Gasteiger partial charge in [-0.3, -0.25) is 0 Å². The first-order valence-electron chi connectivity index (χ1n) is 4.70. The van der Waals surface area contributed by atoms with Crippen molar-refractivity contribution in [2.75, 3.05) is 0 Å². The highest BCUT2D eigenvalue weighted by molar-refractivity contribution is 6.30. The molecule has 1 aliphatic rings. The Morgan fingerprint density at radius 2 is 2.08 bits per heavy atom. The van der Waals surface area contributed by atoms with Crippen molar-refractivity contribution < 1.29 is 0 Å². The van der Waals surface area contributed by atoms with Gasteiger partial charge in [0.2, 0.25) is 0 Å². The summed E-state index contributed by atoms with van der Waals surface area (Å²) in [5.74, 6) is 0.551. The quantitative estimate of drug-likeness (QED) is 0.772. The van der Waals surface area contributed by atoms with Crippen LogP contribution in [0.5, 0.6) is 0 Å². The second-order valence-corrected chi connectivity index (χ2v) is 4.33. The Balaban J connectivity index is 2.16. The van der Waals surface area contributed by atoms with Gasteiger partial charge in [0.05, 0.1) is 0 Å². The van der Waals surface area contributed by atoms with Crippen LogP contribution in [0.4, 0.5) is 0 Å². The molecule has 1 aromatic carbocycles. The van der Waals surface area contributed by atoms with Gasteiger partial charge in [0, 0.05) is 16.5 Å². The van der Waals surface area contributed by atoms with Gasteiger partial charge in [-0.1, -0.05) is 30.7 Å². The summed E-state index contributed by atoms with van der Waals surface area (Å²) >= 11 is 5.81. The van der Waals surface area contributed by atoms with Gasteiger partial charge in [0.15, 0.2) is 0 Å². The standard InChI is InChI=1S/C11H14ClN/c1-2-11(13)7-10(11)8-3-5-9(12)6-4-8/h3-6,10H,2,7,13H2,1H3. The van der Waals surface area contributed by atoms with Crippen molar-refractivity contribution in [1.29, 1.82) is 0 Å². The summed E-state index contributed by atoms with van der Waals surface area (Å²) in [6, 6.07) is 8.03. The van der Waals surface area contributed by atoms with E-state index in [0.29, 0.717) is 5.92 Å². The Kier molecular flexibility index (Phi) is 2.09. The van der Waals surface area contributed by atoms with E-state index < -0.39 is 0 Å². The lowest BCUT2D eigenvalue weighted by molar-refractivity contribution is 0.626. The maximum Gasteiger partial charge on any atom is 0.0406 e. The third-order valence-corrected chi connectivity index (χ3v) is 3.30. The molecule has 1 nitrogen and oxygen atoms in total. The van der Waals surface area contributed by atoms with E-state index in [4.69, 9.17) is 17.3 Å². The second-order valence-electron chi connectivity index (χ2n) is 3.89. The van der Waals surface area contributed by atoms with E-state index in [-0.39, 0.29) is 5.54 Å². The maximum absolute atomic E-state index is 6.13. The van der Waals surface area contributed by atoms with E-state index >= 15 is 0 Å². The topological polar surface area (TPSA) is 26.0 Å². The molecule has 0 spiro atoms. The average Bonchev–Trinajstić information content (AvgIpc) is 2.81. The van der Waals surface area contributed by atoms with Crippen LogP contribution in [0.2, 0.25) is 5.02 Å². The molecule has 0 aromatic heterocycles. The summed E-state index contributed by atoms with van der Waals surface area (Å²) in [5.41, 5.74) is 7.52. The lowest BCUT2D eigenvalue weighted by atomic mass is 10.1. The molecule has 2 heteroatoms. The SMILES string of the molecule is CCC1(N)CC1c1ccc(Cl)cc1. The monoisotopic (exact) mass is 195 g/mol. The largest absolute Gasteiger partial charge is 0.325 e. The molecule has 2 N–H and O–H groups in total. The zero-order chi connectivity index (χ0) is 9.47. The van der Waals surface area contributed by atoms with Crippen LogP contribution in [0.25, 0.3) is 0 Å². The summed E-state index contributed by atoms with van der Waals surface area (Å²) < 4.78 is 0. The molecule has 0 aliphatic heterocycles. The van der Waals surface area contributed by atoms with Crippen LogP contribution in [0.3, 0.4) is 0 Å². The summed E-state index contributed by atoms with van der Waals surface area (Å²) in [5, 5.41) is 0.795. The molecule has 0 heterocycles. The molecule has 1 aliphatic carbocycles. The van der Waals surface area contributed by atoms with Crippen molar-refractivity contribution in [2.24, 2.45) is 5.73 Å². The predicted molar refractivity (Wildman–Crippen MR) is 56.0 cm³/mol. The van der Waals surface area contributed by atoms with E-state index in [1.54, 1.807) is 0 Å². The van der Waals surface area contributed by atoms with Crippen LogP contribution in [0.1, 0.15) is 31.2 Å². The zero-order valence-corrected chi connectivity index (χ0v) is 8.51. The molecular formula is C11H14ClN. The molecule has 2 unspecified atom stereocenters. The van der Waals surface area contributed by atoms with Crippen molar-refractivity contribution in [3.8, 4) is 0 Å². The minimum atomic E-state index is 0.0633. The Hall–Kier alpha value is -0.530. The Morgan fingerprint density at radius 3 is 2.54 bits per heavy atom. The predicted octanol–water partition coefficient (Wildman–Crippen LogP) is 2.93. The third kappa shape index (κ3) is 1.59. The third-order valence-electron chi connectivity index (χ3n) is 3.05. The maximum atomic E-state index is 6.13. The molecule has 70 valence electrons. The molecule has 1 saturated carbocycles. The first-order valence-corrected chi connectivity index (χ1v) is 5.08. The number of halogens is 1. The van der Waals surface area contributed by atoms with E-state index in [1.807, 2.05) is 12.1 Å². The van der Waals surface area contributed by atoms with E-state index in [0.717, 1.165) is 17.9 Å². The van der Waals surface area contributed by atoms with Crippen LogP contribution in [0, 0.1) is 0 Å². The smallest absolute Gasteiger partial charge is 0.0406 e. The van der Waals surface area contributed by atoms with Gasteiger partial charge < -0.3 is 5.73 Å². The van der Waals surface area contributed by atoms with Gasteiger partial charge in [-0.25, -0.2) is 0 Å². The minimum absolute atomic E-state index is 0.0633. The summed E-state index contributed by atoms with van der Waals surface area (Å²) in [7, 11) is 0. The molecule has 2 atom stereocenters. The summed E-state index contributed by atoms with van der Waals surface area (Å²) in [4.78, 5) is 0. The first-order chi connectivity index (χ1) is 6.15. The highest BCUT2D eigenvalue weighted by atomic mass is 35.5. The van der Waals surface area contributed by atoms with Crippen molar-refractivity contribution >= 4 is 11.6 Å². The fourth-order valence-electron chi connectivity index (χ4n) is 1.86. The van der Waals surface area contributed by atoms with Crippen LogP contribution in [-0.4, -0.2) is 5.54 Å². The number of hydrogen-bond acceptors (Lipinski definition) is 1. The van der Waals surface area contributed by atoms with Gasteiger partial charge in [0.25, 0.3) is 0 Å². The lowest BCUT2D eigenvalue weighted by Gasteiger charge is -2.07. The average molecular weight is 196 g/mol. The fourth-order valence-corrected chi connectivity index (χ4v) is 1.98. The van der Waals surface area contributed by atoms with E-state index in [2.05, 4.69) is 19.1 Å². The van der Waals surface area contributed by atoms with E-state index in [9.17, 15) is 0 Å². The van der Waals surface area contributed by atoms with Crippen LogP contribution >= 0.6 is 11.6 Å². The lowest BCUT2D eigenvalue weighted by Crippen LogP contribution is -2.22. The molecule has 0 amide bonds. The highest BCUT2D eigenvalue weighted by Gasteiger charge is 2.49. The molecule has 0 bridgehead atoms. The Bertz CT molecular complexity index is 306. The molecule has 0 radical (unpaired) electrons. The van der Waals surface area contributed by atoms with Crippen LogP contribution in [-0.2, 0) is 0 Å². The van der Waals surface area contributed by atoms with Gasteiger partial charge in [-0.05, 0) is 30.5 Å². The number of nitrogens with two attached hydrogens (primary N) is 1. The summed E-state index contributed by atoms with van der Waals surface area (Å²) in [6.45, 7) is 2.15. The fraction of sp³-hybridized carbons (Fsp3) is 0.455. The number of hydrogen-bond donors (Lipinski definition) is 1. The van der Waals surface area contributed by atoms with Crippen molar-refractivity contribution in [2.45, 2.75) is 31.2 Å². The summed E-state index contributed by atoms with van der Waals surface area (Å²) in [6.07, 6.45) is 2.17. The number of rotatable bonds is 2. The minimum Gasteiger partial charge on any atom is -0.325 e. The number of benzene rings is 1. The second kappa shape index (κ2) is 3.00. The Morgan fingerprint density at radius 1 is 1.46 bits per heavy atom. The van der Waals surface area contributed by atoms with Crippen molar-refractivity contribution in [3.05, 3.63) is 34.9 Å². The Labute approximate surface area is 83.9 Å². The van der Waals surface area contributed by atoms with Gasteiger partial charge in [0.1, 0.15) is 0 Å². The van der Waals surface area contributed by atoms with Crippen molar-refractivity contribution in [3.63, 3.8) is 0 Å². The molecular weight excluding hydrogens is 182 g/mol. The molecule has 1 aromatic rings. The van der Waals surface area contributed by atoms with Crippen molar-refractivity contribution in [1.82, 2.24) is 0 Å². The van der Waals surface area contributed by atoms with Gasteiger partial charge in [-0.15, -0.1) is 0 Å². The molecule has 13 heavy (non-hydrogen) atoms. The van der Waals surface area contributed by atoms with Crippen LogP contribution < -0.4 is 5.73 Å². The molecule has 2 rings (SSSR count). The van der Waals surface area contributed by atoms with Crippen LogP contribution in [0.15, 0.2) is 24.3 Å².